The molecule has 7 N–H and O–H groups in total. The Morgan fingerprint density at radius 2 is 0.984 bits per heavy atom. The molecule has 4 heterocycles. The largest absolute Gasteiger partial charge is 0.364 e. The number of hydrogen-bond acceptors (Lipinski definition) is 11. The Balaban J connectivity index is 0.000000159. The molecule has 13 nitrogen and oxygen atoms in total. The van der Waals surface area contributed by atoms with Crippen molar-refractivity contribution in [1.29, 1.82) is 0 Å². The minimum Gasteiger partial charge on any atom is -0.364 e. The highest BCUT2D eigenvalue weighted by Crippen LogP contribution is 2.48. The summed E-state index contributed by atoms with van der Waals surface area (Å²) in [6.45, 7) is 1.86. The Morgan fingerprint density at radius 1 is 0.532 bits per heavy atom. The molecule has 0 bridgehead atoms. The van der Waals surface area contributed by atoms with Crippen molar-refractivity contribution in [3.05, 3.63) is 169 Å². The number of benzene rings is 4. The predicted octanol–water partition coefficient (Wildman–Crippen LogP) is 7.42. The maximum Gasteiger partial charge on any atom is 0.274 e. The van der Waals surface area contributed by atoms with E-state index < -0.39 is 15.6 Å². The highest BCUT2D eigenvalue weighted by atomic mass is 32.2. The number of nitrogens with one attached hydrogen (secondary N) is 3. The standard InChI is InChI=1S/C24H24N6O2S.C24H23N5/c25-33(31,32)28-16-24(12-13-24)23-29-20-11-6-10-19(17-7-2-1-3-8-17)21(20)22(30-23)27-15-18-9-4-5-14-26-18;25-16-24(12-13-24)23-28-20-11-6-10-19(17-7-2-1-3-8-17)21(20)22(29-23)27-15-18-9-4-5-14-26-18/h1-11,14,28H,12-13,15-16H2,(H2,25,31,32)(H,27,29,30);1-11,14H,12-13,15-16,25H2,(H,27,28,29). The van der Waals surface area contributed by atoms with Gasteiger partial charge in [-0.2, -0.15) is 8.42 Å². The van der Waals surface area contributed by atoms with Gasteiger partial charge in [-0.3, -0.25) is 9.97 Å². The summed E-state index contributed by atoms with van der Waals surface area (Å²) in [7, 11) is -3.80. The summed E-state index contributed by atoms with van der Waals surface area (Å²) in [5.74, 6) is 3.00. The number of anilines is 2. The van der Waals surface area contributed by atoms with Gasteiger partial charge in [-0.05, 0) is 84.3 Å². The van der Waals surface area contributed by atoms with Gasteiger partial charge in [-0.1, -0.05) is 97.1 Å². The number of hydrogen-bond donors (Lipinski definition) is 5. The molecule has 0 radical (unpaired) electrons. The predicted molar refractivity (Wildman–Crippen MR) is 245 cm³/mol. The van der Waals surface area contributed by atoms with E-state index in [4.69, 9.17) is 30.8 Å². The smallest absolute Gasteiger partial charge is 0.274 e. The Bertz CT molecular complexity index is 2930. The molecule has 8 aromatic rings. The quantitative estimate of drug-likeness (QED) is 0.0730. The lowest BCUT2D eigenvalue weighted by molar-refractivity contribution is 0.561. The first kappa shape index (κ1) is 40.7. The van der Waals surface area contributed by atoms with Crippen molar-refractivity contribution >= 4 is 43.7 Å². The van der Waals surface area contributed by atoms with Crippen LogP contribution in [0.2, 0.25) is 0 Å². The molecule has 0 amide bonds. The normalized spacial score (nSPS) is 14.7. The number of nitrogens with zero attached hydrogens (tertiary/aromatic N) is 6. The van der Waals surface area contributed by atoms with Crippen LogP contribution in [0.4, 0.5) is 11.6 Å². The van der Waals surface area contributed by atoms with E-state index in [1.165, 1.54) is 0 Å². The van der Waals surface area contributed by atoms with Crippen molar-refractivity contribution in [2.75, 3.05) is 23.7 Å². The summed E-state index contributed by atoms with van der Waals surface area (Å²) in [4.78, 5) is 28.5. The van der Waals surface area contributed by atoms with Gasteiger partial charge >= 0.3 is 0 Å². The van der Waals surface area contributed by atoms with Gasteiger partial charge < -0.3 is 16.4 Å². The van der Waals surface area contributed by atoms with Crippen LogP contribution in [0.1, 0.15) is 48.7 Å². The van der Waals surface area contributed by atoms with E-state index >= 15 is 0 Å². The second kappa shape index (κ2) is 17.3. The summed E-state index contributed by atoms with van der Waals surface area (Å²) in [5.41, 5.74) is 13.5. The molecule has 0 aliphatic heterocycles. The van der Waals surface area contributed by atoms with Crippen molar-refractivity contribution in [1.82, 2.24) is 34.6 Å². The maximum absolute atomic E-state index is 11.5. The summed E-state index contributed by atoms with van der Waals surface area (Å²) in [5, 5.41) is 14.1. The van der Waals surface area contributed by atoms with Gasteiger partial charge in [0.25, 0.3) is 10.2 Å². The summed E-state index contributed by atoms with van der Waals surface area (Å²) in [6, 6.07) is 44.4. The Hall–Kier alpha value is -6.71. The first-order valence-electron chi connectivity index (χ1n) is 20.7. The molecule has 0 spiro atoms. The number of pyridine rings is 2. The molecular weight excluding hydrogens is 795 g/mol. The molecule has 4 aromatic carbocycles. The van der Waals surface area contributed by atoms with Crippen LogP contribution < -0.4 is 26.2 Å². The lowest BCUT2D eigenvalue weighted by atomic mass is 10.00. The van der Waals surface area contributed by atoms with Gasteiger partial charge in [-0.25, -0.2) is 29.8 Å². The maximum atomic E-state index is 11.5. The molecule has 0 unspecified atom stereocenters. The Kier molecular flexibility index (Phi) is 11.4. The van der Waals surface area contributed by atoms with Crippen LogP contribution in [0.15, 0.2) is 146 Å². The van der Waals surface area contributed by atoms with E-state index in [9.17, 15) is 8.42 Å². The lowest BCUT2D eigenvalue weighted by Crippen LogP contribution is -2.37. The second-order valence-electron chi connectivity index (χ2n) is 15.9. The van der Waals surface area contributed by atoms with Crippen LogP contribution in [-0.2, 0) is 34.1 Å². The van der Waals surface area contributed by atoms with E-state index in [2.05, 4.69) is 86.0 Å². The number of nitrogens with two attached hydrogens (primary N) is 2. The van der Waals surface area contributed by atoms with Gasteiger partial charge in [0.1, 0.15) is 23.3 Å². The first-order valence-corrected chi connectivity index (χ1v) is 22.3. The molecule has 62 heavy (non-hydrogen) atoms. The fraction of sp³-hybridized carbons (Fsp3) is 0.208. The molecule has 312 valence electrons. The molecule has 2 aliphatic rings. The third-order valence-electron chi connectivity index (χ3n) is 11.6. The van der Waals surface area contributed by atoms with E-state index in [0.717, 1.165) is 92.8 Å². The van der Waals surface area contributed by atoms with Gasteiger partial charge in [0, 0.05) is 36.3 Å². The third kappa shape index (κ3) is 8.99. The van der Waals surface area contributed by atoms with Crippen molar-refractivity contribution in [3.63, 3.8) is 0 Å². The third-order valence-corrected chi connectivity index (χ3v) is 12.1. The van der Waals surface area contributed by atoms with E-state index in [-0.39, 0.29) is 12.0 Å². The van der Waals surface area contributed by atoms with Crippen molar-refractivity contribution in [2.24, 2.45) is 10.9 Å². The van der Waals surface area contributed by atoms with Crippen molar-refractivity contribution in [2.45, 2.75) is 49.6 Å². The average molecular weight is 842 g/mol. The van der Waals surface area contributed by atoms with Crippen LogP contribution in [0, 0.1) is 0 Å². The summed E-state index contributed by atoms with van der Waals surface area (Å²) < 4.78 is 25.4. The first-order chi connectivity index (χ1) is 30.2. The van der Waals surface area contributed by atoms with Crippen LogP contribution in [0.25, 0.3) is 44.1 Å². The van der Waals surface area contributed by atoms with Crippen LogP contribution in [0.5, 0.6) is 0 Å². The van der Waals surface area contributed by atoms with Crippen molar-refractivity contribution < 1.29 is 8.42 Å². The zero-order chi connectivity index (χ0) is 42.6. The number of aromatic nitrogens is 6. The molecule has 0 saturated heterocycles. The van der Waals surface area contributed by atoms with Crippen LogP contribution in [0.3, 0.4) is 0 Å². The monoisotopic (exact) mass is 841 g/mol. The van der Waals surface area contributed by atoms with Gasteiger partial charge in [0.2, 0.25) is 0 Å². The molecule has 2 saturated carbocycles. The molecule has 10 rings (SSSR count). The Labute approximate surface area is 360 Å². The SMILES string of the molecule is NCC1(c2nc(NCc3ccccn3)c3c(-c4ccccc4)cccc3n2)CC1.NS(=O)(=O)NCC1(c2nc(NCc3ccccn3)c3c(-c4ccccc4)cccc3n2)CC1. The van der Waals surface area contributed by atoms with Crippen LogP contribution >= 0.6 is 0 Å². The second-order valence-corrected chi connectivity index (χ2v) is 17.3. The summed E-state index contributed by atoms with van der Waals surface area (Å²) >= 11 is 0. The minimum absolute atomic E-state index is 0.0711. The highest BCUT2D eigenvalue weighted by molar-refractivity contribution is 7.87. The zero-order valence-corrected chi connectivity index (χ0v) is 34.9. The molecule has 4 aromatic heterocycles. The molecule has 2 aliphatic carbocycles. The molecular formula is C48H47N11O2S. The van der Waals surface area contributed by atoms with E-state index in [1.54, 1.807) is 6.20 Å². The highest BCUT2D eigenvalue weighted by Gasteiger charge is 2.48. The molecule has 2 fully saturated rings. The number of rotatable bonds is 14. The fourth-order valence-electron chi connectivity index (χ4n) is 7.71. The lowest BCUT2D eigenvalue weighted by Gasteiger charge is -2.18. The van der Waals surface area contributed by atoms with E-state index in [0.29, 0.717) is 31.3 Å². The Morgan fingerprint density at radius 3 is 1.39 bits per heavy atom. The van der Waals surface area contributed by atoms with E-state index in [1.807, 2.05) is 79.0 Å². The zero-order valence-electron chi connectivity index (χ0n) is 34.1. The van der Waals surface area contributed by atoms with Crippen LogP contribution in [-0.4, -0.2) is 51.4 Å². The van der Waals surface area contributed by atoms with Gasteiger partial charge in [-0.15, -0.1) is 0 Å². The topological polar surface area (TPSA) is 200 Å². The fourth-order valence-corrected chi connectivity index (χ4v) is 8.18. The summed E-state index contributed by atoms with van der Waals surface area (Å²) in [6.07, 6.45) is 7.25. The minimum atomic E-state index is -3.80. The average Bonchev–Trinajstić information content (AvgIpc) is 4.27. The number of fused-ring (bicyclic) bond motifs is 2. The van der Waals surface area contributed by atoms with Crippen molar-refractivity contribution in [3.8, 4) is 22.3 Å². The molecule has 0 atom stereocenters. The molecule has 14 heteroatoms. The van der Waals surface area contributed by atoms with Gasteiger partial charge in [0.05, 0.1) is 46.3 Å². The van der Waals surface area contributed by atoms with Gasteiger partial charge in [0.15, 0.2) is 0 Å².